The Kier molecular flexibility index (Phi) is 8.03. The highest BCUT2D eigenvalue weighted by Crippen LogP contribution is 2.77. The summed E-state index contributed by atoms with van der Waals surface area (Å²) in [6, 6.07) is 7.53. The number of nitrogens with one attached hydrogen (secondary N) is 1. The van der Waals surface area contributed by atoms with Crippen LogP contribution >= 0.6 is 0 Å². The summed E-state index contributed by atoms with van der Waals surface area (Å²) in [7, 11) is 1.70. The monoisotopic (exact) mass is 615 g/mol. The first kappa shape index (κ1) is 32.5. The third kappa shape index (κ3) is 4.56. The van der Waals surface area contributed by atoms with Crippen LogP contribution < -0.4 is 5.32 Å². The van der Waals surface area contributed by atoms with Crippen molar-refractivity contribution < 1.29 is 19.4 Å². The van der Waals surface area contributed by atoms with Crippen molar-refractivity contribution in [2.45, 2.75) is 99.3 Å². The fourth-order valence-electron chi connectivity index (χ4n) is 12.9. The molecule has 1 aromatic carbocycles. The number of allylic oxidation sites excluding steroid dienone is 3. The van der Waals surface area contributed by atoms with E-state index >= 15 is 0 Å². The molecular formula is C40H57NO4. The molecule has 5 nitrogen and oxygen atoms in total. The number of carbonyl (C=O) groups excluding carboxylic acids is 1. The number of hydrogen-bond donors (Lipinski definition) is 2. The van der Waals surface area contributed by atoms with Gasteiger partial charge in [-0.15, -0.1) is 0 Å². The first-order valence-electron chi connectivity index (χ1n) is 17.6. The third-order valence-corrected chi connectivity index (χ3v) is 15.1. The number of rotatable bonds is 7. The summed E-state index contributed by atoms with van der Waals surface area (Å²) in [6.45, 7) is 20.6. The molecule has 4 saturated carbocycles. The van der Waals surface area contributed by atoms with E-state index in [1.54, 1.807) is 19.2 Å². The lowest BCUT2D eigenvalue weighted by Crippen LogP contribution is -2.66. The molecule has 0 heterocycles. The van der Waals surface area contributed by atoms with Crippen molar-refractivity contribution in [3.8, 4) is 0 Å². The van der Waals surface area contributed by atoms with Gasteiger partial charge < -0.3 is 15.2 Å². The van der Waals surface area contributed by atoms with Crippen LogP contribution in [-0.4, -0.2) is 37.2 Å². The van der Waals surface area contributed by atoms with Gasteiger partial charge in [-0.3, -0.25) is 4.79 Å². The Bertz CT molecular complexity index is 1390. The van der Waals surface area contributed by atoms with E-state index in [0.29, 0.717) is 48.3 Å². The van der Waals surface area contributed by atoms with Crippen molar-refractivity contribution in [1.29, 1.82) is 0 Å². The van der Waals surface area contributed by atoms with Crippen molar-refractivity contribution in [2.75, 3.05) is 20.3 Å². The highest BCUT2D eigenvalue weighted by Gasteiger charge is 2.71. The van der Waals surface area contributed by atoms with Gasteiger partial charge in [0.15, 0.2) is 0 Å². The van der Waals surface area contributed by atoms with Gasteiger partial charge in [0.05, 0.1) is 17.6 Å². The molecule has 4 fully saturated rings. The Hall–Kier alpha value is -2.40. The molecule has 5 heteroatoms. The van der Waals surface area contributed by atoms with Crippen LogP contribution in [0.15, 0.2) is 42.5 Å². The zero-order chi connectivity index (χ0) is 32.6. The van der Waals surface area contributed by atoms with Gasteiger partial charge >= 0.3 is 5.97 Å². The van der Waals surface area contributed by atoms with Crippen LogP contribution in [-0.2, 0) is 9.53 Å². The normalized spacial score (nSPS) is 41.5. The van der Waals surface area contributed by atoms with Gasteiger partial charge in [0.25, 0.3) is 0 Å². The number of fused-ring (bicyclic) bond motifs is 7. The predicted octanol–water partition coefficient (Wildman–Crippen LogP) is 8.80. The zero-order valence-corrected chi connectivity index (χ0v) is 28.9. The van der Waals surface area contributed by atoms with Gasteiger partial charge in [0, 0.05) is 13.7 Å². The highest BCUT2D eigenvalue weighted by atomic mass is 16.5. The molecule has 9 atom stereocenters. The molecule has 0 aliphatic heterocycles. The number of methoxy groups -OCH3 is 1. The molecule has 9 unspecified atom stereocenters. The Morgan fingerprint density at radius 3 is 2.29 bits per heavy atom. The van der Waals surface area contributed by atoms with Crippen LogP contribution in [0.5, 0.6) is 0 Å². The molecule has 5 aliphatic carbocycles. The van der Waals surface area contributed by atoms with E-state index in [1.165, 1.54) is 36.8 Å². The summed E-state index contributed by atoms with van der Waals surface area (Å²) in [5, 5.41) is 12.7. The first-order chi connectivity index (χ1) is 21.2. The van der Waals surface area contributed by atoms with E-state index < -0.39 is 5.97 Å². The van der Waals surface area contributed by atoms with Crippen molar-refractivity contribution in [3.05, 3.63) is 53.6 Å². The van der Waals surface area contributed by atoms with Gasteiger partial charge in [0.2, 0.25) is 5.91 Å². The lowest BCUT2D eigenvalue weighted by atomic mass is 9.32. The topological polar surface area (TPSA) is 75.6 Å². The number of carboxylic acid groups (broad SMARTS) is 1. The van der Waals surface area contributed by atoms with E-state index in [4.69, 9.17) is 4.74 Å². The maximum Gasteiger partial charge on any atom is 0.335 e. The lowest BCUT2D eigenvalue weighted by molar-refractivity contribution is -0.225. The Morgan fingerprint density at radius 1 is 0.933 bits per heavy atom. The number of carbonyl (C=O) groups is 2. The summed E-state index contributed by atoms with van der Waals surface area (Å²) >= 11 is 0. The van der Waals surface area contributed by atoms with Crippen LogP contribution in [0, 0.1) is 56.7 Å². The summed E-state index contributed by atoms with van der Waals surface area (Å²) < 4.78 is 5.28. The van der Waals surface area contributed by atoms with Crippen molar-refractivity contribution in [2.24, 2.45) is 56.7 Å². The number of hydrogen-bond acceptors (Lipinski definition) is 3. The van der Waals surface area contributed by atoms with Gasteiger partial charge in [-0.05, 0) is 139 Å². The van der Waals surface area contributed by atoms with Crippen LogP contribution in [0.1, 0.15) is 115 Å². The smallest absolute Gasteiger partial charge is 0.335 e. The molecule has 0 aromatic heterocycles. The van der Waals surface area contributed by atoms with Crippen molar-refractivity contribution in [3.63, 3.8) is 0 Å². The molecule has 2 N–H and O–H groups in total. The Morgan fingerprint density at radius 2 is 1.64 bits per heavy atom. The van der Waals surface area contributed by atoms with Crippen molar-refractivity contribution >= 4 is 17.4 Å². The predicted molar refractivity (Wildman–Crippen MR) is 181 cm³/mol. The second-order valence-corrected chi connectivity index (χ2v) is 17.0. The third-order valence-electron chi connectivity index (χ3n) is 15.1. The fourth-order valence-corrected chi connectivity index (χ4v) is 12.9. The molecule has 0 bridgehead atoms. The van der Waals surface area contributed by atoms with Crippen molar-refractivity contribution in [1.82, 2.24) is 5.32 Å². The molecule has 0 saturated heterocycles. The average molecular weight is 616 g/mol. The summed E-state index contributed by atoms with van der Waals surface area (Å²) in [5.41, 5.74) is 4.46. The van der Waals surface area contributed by atoms with Gasteiger partial charge in [-0.1, -0.05) is 65.0 Å². The number of benzene rings is 1. The Balaban J connectivity index is 1.34. The second-order valence-electron chi connectivity index (χ2n) is 17.0. The van der Waals surface area contributed by atoms with Crippen LogP contribution in [0.3, 0.4) is 0 Å². The largest absolute Gasteiger partial charge is 0.478 e. The van der Waals surface area contributed by atoms with Crippen LogP contribution in [0.2, 0.25) is 0 Å². The molecule has 0 spiro atoms. The lowest BCUT2D eigenvalue weighted by Gasteiger charge is -2.72. The molecule has 0 radical (unpaired) electrons. The molecule has 6 rings (SSSR count). The quantitative estimate of drug-likeness (QED) is 0.237. The molecule has 45 heavy (non-hydrogen) atoms. The van der Waals surface area contributed by atoms with Gasteiger partial charge in [-0.2, -0.15) is 0 Å². The van der Waals surface area contributed by atoms with E-state index in [0.717, 1.165) is 37.7 Å². The fraction of sp³-hybridized carbons (Fsp3) is 0.700. The molecule has 246 valence electrons. The maximum atomic E-state index is 14.1. The number of amides is 1. The molecule has 1 aromatic rings. The van der Waals surface area contributed by atoms with Crippen LogP contribution in [0.25, 0.3) is 5.57 Å². The first-order valence-corrected chi connectivity index (χ1v) is 17.6. The summed E-state index contributed by atoms with van der Waals surface area (Å²) in [4.78, 5) is 25.6. The van der Waals surface area contributed by atoms with Gasteiger partial charge in [0.1, 0.15) is 0 Å². The van der Waals surface area contributed by atoms with E-state index in [-0.39, 0.29) is 33.0 Å². The number of carboxylic acids is 1. The molecular weight excluding hydrogens is 558 g/mol. The minimum Gasteiger partial charge on any atom is -0.478 e. The molecule has 5 aliphatic rings. The van der Waals surface area contributed by atoms with E-state index in [9.17, 15) is 14.7 Å². The van der Waals surface area contributed by atoms with E-state index in [1.807, 2.05) is 12.1 Å². The maximum absolute atomic E-state index is 14.1. The molecule has 1 amide bonds. The minimum atomic E-state index is -0.875. The van der Waals surface area contributed by atoms with E-state index in [2.05, 4.69) is 59.5 Å². The Labute approximate surface area is 271 Å². The van der Waals surface area contributed by atoms with Gasteiger partial charge in [-0.25, -0.2) is 4.79 Å². The summed E-state index contributed by atoms with van der Waals surface area (Å²) in [5.74, 6) is 1.89. The summed E-state index contributed by atoms with van der Waals surface area (Å²) in [6.07, 6.45) is 12.6. The standard InChI is InChI=1S/C40H57NO4/c1-25(2)28-15-20-40(35(44)41-23-24-45-8)22-21-38(6)30(33(28)40)13-14-32-37(5)18-16-29(26-9-11-27(12-10-26)34(42)43)36(3,4)31(37)17-19-39(32,38)7/h9-12,16,28,30-33H,1,13-15,17-24H2,2-8H3,(H,41,44)(H,42,43). The minimum absolute atomic E-state index is 0.00463. The second kappa shape index (κ2) is 11.1. The SMILES string of the molecule is C=C(C)C1CCC2(C(=O)NCCOC)CCC3(C)C(CCC4C5(C)CC=C(c6ccc(C(=O)O)cc6)C(C)(C)C5CCC43C)C12. The highest BCUT2D eigenvalue weighted by molar-refractivity contribution is 5.88. The zero-order valence-electron chi connectivity index (χ0n) is 28.9. The number of aromatic carboxylic acids is 1. The average Bonchev–Trinajstić information content (AvgIpc) is 3.39. The van der Waals surface area contributed by atoms with Crippen LogP contribution in [0.4, 0.5) is 0 Å². The number of ether oxygens (including phenoxy) is 1.